The normalized spacial score (nSPS) is 28.5. The van der Waals surface area contributed by atoms with Crippen molar-refractivity contribution in [3.05, 3.63) is 0 Å². The van der Waals surface area contributed by atoms with Crippen LogP contribution in [-0.2, 0) is 9.59 Å². The van der Waals surface area contributed by atoms with E-state index in [4.69, 9.17) is 0 Å². The van der Waals surface area contributed by atoms with Gasteiger partial charge in [0, 0.05) is 33.1 Å². The highest BCUT2D eigenvalue weighted by Crippen LogP contribution is 2.45. The number of likely N-dealkylation sites (tertiary alicyclic amines) is 2. The lowest BCUT2D eigenvalue weighted by atomic mass is 9.66. The van der Waals surface area contributed by atoms with Crippen LogP contribution >= 0.6 is 0 Å². The quantitative estimate of drug-likeness (QED) is 0.775. The van der Waals surface area contributed by atoms with Crippen molar-refractivity contribution in [2.45, 2.75) is 51.0 Å². The molecule has 1 atom stereocenters. The lowest BCUT2D eigenvalue weighted by molar-refractivity contribution is -0.148. The average molecular weight is 321 g/mol. The first kappa shape index (κ1) is 16.7. The number of carbonyl (C=O) groups excluding carboxylic acids is 2. The van der Waals surface area contributed by atoms with Crippen molar-refractivity contribution in [2.75, 3.05) is 40.8 Å². The highest BCUT2D eigenvalue weighted by Gasteiger charge is 2.49. The molecule has 5 nitrogen and oxygen atoms in total. The molecule has 2 amide bonds. The van der Waals surface area contributed by atoms with Gasteiger partial charge in [-0.2, -0.15) is 0 Å². The first-order chi connectivity index (χ1) is 10.9. The fourth-order valence-electron chi connectivity index (χ4n) is 4.72. The second kappa shape index (κ2) is 6.42. The Morgan fingerprint density at radius 1 is 1.00 bits per heavy atom. The molecule has 0 N–H and O–H groups in total. The zero-order valence-electron chi connectivity index (χ0n) is 14.9. The van der Waals surface area contributed by atoms with Crippen LogP contribution in [-0.4, -0.2) is 73.3 Å². The van der Waals surface area contributed by atoms with E-state index in [1.165, 1.54) is 6.42 Å². The van der Waals surface area contributed by atoms with Crippen molar-refractivity contribution in [1.29, 1.82) is 0 Å². The number of rotatable bonds is 2. The maximum Gasteiger partial charge on any atom is 0.239 e. The summed E-state index contributed by atoms with van der Waals surface area (Å²) in [5.41, 5.74) is 0.0603. The van der Waals surface area contributed by atoms with Crippen LogP contribution in [0.4, 0.5) is 0 Å². The van der Waals surface area contributed by atoms with E-state index in [2.05, 4.69) is 16.8 Å². The monoisotopic (exact) mass is 321 g/mol. The predicted octanol–water partition coefficient (Wildman–Crippen LogP) is 1.58. The third-order valence-electron chi connectivity index (χ3n) is 6.41. The molecule has 2 aliphatic heterocycles. The number of amides is 2. The molecule has 0 radical (unpaired) electrons. The molecule has 1 spiro atoms. The van der Waals surface area contributed by atoms with Gasteiger partial charge in [0.05, 0.1) is 6.04 Å². The van der Waals surface area contributed by atoms with Crippen LogP contribution in [0.25, 0.3) is 0 Å². The maximum atomic E-state index is 12.8. The second-order valence-corrected chi connectivity index (χ2v) is 8.03. The molecule has 2 saturated heterocycles. The summed E-state index contributed by atoms with van der Waals surface area (Å²) in [4.78, 5) is 31.3. The number of carbonyl (C=O) groups is 2. The zero-order chi connectivity index (χ0) is 16.6. The summed E-state index contributed by atoms with van der Waals surface area (Å²) in [7, 11) is 5.79. The van der Waals surface area contributed by atoms with Gasteiger partial charge in [0.15, 0.2) is 0 Å². The summed E-state index contributed by atoms with van der Waals surface area (Å²) in [6.07, 6.45) is 7.58. The van der Waals surface area contributed by atoms with Gasteiger partial charge in [-0.3, -0.25) is 14.5 Å². The molecule has 5 heteroatoms. The van der Waals surface area contributed by atoms with Gasteiger partial charge in [-0.1, -0.05) is 6.42 Å². The van der Waals surface area contributed by atoms with Crippen LogP contribution in [0.5, 0.6) is 0 Å². The van der Waals surface area contributed by atoms with Gasteiger partial charge < -0.3 is 9.80 Å². The summed E-state index contributed by atoms with van der Waals surface area (Å²) < 4.78 is 0. The van der Waals surface area contributed by atoms with Gasteiger partial charge >= 0.3 is 0 Å². The van der Waals surface area contributed by atoms with Crippen molar-refractivity contribution >= 4 is 11.8 Å². The number of nitrogens with zero attached hydrogens (tertiary/aromatic N) is 3. The minimum absolute atomic E-state index is 0.0211. The van der Waals surface area contributed by atoms with Gasteiger partial charge in [-0.25, -0.2) is 0 Å². The smallest absolute Gasteiger partial charge is 0.239 e. The summed E-state index contributed by atoms with van der Waals surface area (Å²) in [5, 5.41) is 0. The van der Waals surface area contributed by atoms with Crippen LogP contribution in [0.2, 0.25) is 0 Å². The van der Waals surface area contributed by atoms with Crippen molar-refractivity contribution in [3.63, 3.8) is 0 Å². The van der Waals surface area contributed by atoms with Crippen LogP contribution in [0.15, 0.2) is 0 Å². The maximum absolute atomic E-state index is 12.8. The molecule has 2 heterocycles. The molecule has 3 fully saturated rings. The third-order valence-corrected chi connectivity index (χ3v) is 6.41. The van der Waals surface area contributed by atoms with Crippen LogP contribution in [0.1, 0.15) is 44.9 Å². The SMILES string of the molecule is CN(C)C(=O)C1N(C)CCCC12CCN(C(=O)C1CCC1)CC2. The van der Waals surface area contributed by atoms with E-state index in [0.29, 0.717) is 5.91 Å². The fraction of sp³-hybridized carbons (Fsp3) is 0.889. The van der Waals surface area contributed by atoms with E-state index < -0.39 is 0 Å². The molecule has 1 saturated carbocycles. The first-order valence-electron chi connectivity index (χ1n) is 9.15. The highest BCUT2D eigenvalue weighted by molar-refractivity contribution is 5.83. The lowest BCUT2D eigenvalue weighted by Gasteiger charge is -2.52. The fourth-order valence-corrected chi connectivity index (χ4v) is 4.72. The van der Waals surface area contributed by atoms with Crippen molar-refractivity contribution in [3.8, 4) is 0 Å². The Morgan fingerprint density at radius 3 is 2.17 bits per heavy atom. The molecule has 130 valence electrons. The molecular formula is C18H31N3O2. The van der Waals surface area contributed by atoms with Gasteiger partial charge in [0.25, 0.3) is 0 Å². The predicted molar refractivity (Wildman–Crippen MR) is 89.9 cm³/mol. The van der Waals surface area contributed by atoms with E-state index in [1.54, 1.807) is 4.90 Å². The molecule has 23 heavy (non-hydrogen) atoms. The van der Waals surface area contributed by atoms with E-state index in [9.17, 15) is 9.59 Å². The van der Waals surface area contributed by atoms with E-state index in [1.807, 2.05) is 14.1 Å². The van der Waals surface area contributed by atoms with E-state index in [0.717, 1.165) is 58.2 Å². The van der Waals surface area contributed by atoms with Gasteiger partial charge in [-0.15, -0.1) is 0 Å². The van der Waals surface area contributed by atoms with E-state index >= 15 is 0 Å². The van der Waals surface area contributed by atoms with Gasteiger partial charge in [-0.05, 0) is 57.5 Å². The Bertz CT molecular complexity index is 465. The molecule has 0 aromatic rings. The standard InChI is InChI=1S/C18H31N3O2/c1-19(2)17(23)15-18(8-5-11-20(15)3)9-12-21(13-10-18)16(22)14-6-4-7-14/h14-15H,4-13H2,1-3H3. The summed E-state index contributed by atoms with van der Waals surface area (Å²) >= 11 is 0. The molecule has 3 rings (SSSR count). The Kier molecular flexibility index (Phi) is 4.68. The van der Waals surface area contributed by atoms with Crippen molar-refractivity contribution in [2.24, 2.45) is 11.3 Å². The number of hydrogen-bond donors (Lipinski definition) is 0. The van der Waals surface area contributed by atoms with Crippen LogP contribution < -0.4 is 0 Å². The summed E-state index contributed by atoms with van der Waals surface area (Å²) in [6.45, 7) is 2.66. The summed E-state index contributed by atoms with van der Waals surface area (Å²) in [5.74, 6) is 0.883. The topological polar surface area (TPSA) is 43.9 Å². The van der Waals surface area contributed by atoms with Crippen molar-refractivity contribution in [1.82, 2.24) is 14.7 Å². The second-order valence-electron chi connectivity index (χ2n) is 8.03. The Hall–Kier alpha value is -1.10. The van der Waals surface area contributed by atoms with E-state index in [-0.39, 0.29) is 23.3 Å². The largest absolute Gasteiger partial charge is 0.347 e. The van der Waals surface area contributed by atoms with Gasteiger partial charge in [0.2, 0.25) is 11.8 Å². The molecular weight excluding hydrogens is 290 g/mol. The zero-order valence-corrected chi connectivity index (χ0v) is 14.9. The Morgan fingerprint density at radius 2 is 1.65 bits per heavy atom. The summed E-state index contributed by atoms with van der Waals surface area (Å²) in [6, 6.07) is -0.0211. The minimum atomic E-state index is -0.0211. The number of piperidine rings is 2. The lowest BCUT2D eigenvalue weighted by Crippen LogP contribution is -2.61. The molecule has 3 aliphatic rings. The van der Waals surface area contributed by atoms with Crippen LogP contribution in [0.3, 0.4) is 0 Å². The average Bonchev–Trinajstić information content (AvgIpc) is 2.45. The Labute approximate surface area is 140 Å². The molecule has 1 unspecified atom stereocenters. The van der Waals surface area contributed by atoms with Gasteiger partial charge in [0.1, 0.15) is 0 Å². The number of hydrogen-bond acceptors (Lipinski definition) is 3. The highest BCUT2D eigenvalue weighted by atomic mass is 16.2. The minimum Gasteiger partial charge on any atom is -0.347 e. The number of likely N-dealkylation sites (N-methyl/N-ethyl adjacent to an activating group) is 2. The molecule has 0 aromatic carbocycles. The third kappa shape index (κ3) is 3.00. The molecule has 0 bridgehead atoms. The van der Waals surface area contributed by atoms with Crippen molar-refractivity contribution < 1.29 is 9.59 Å². The molecule has 0 aromatic heterocycles. The molecule has 1 aliphatic carbocycles. The van der Waals surface area contributed by atoms with Crippen LogP contribution in [0, 0.1) is 11.3 Å². The Balaban J connectivity index is 1.70. The first-order valence-corrected chi connectivity index (χ1v) is 9.15.